The van der Waals surface area contributed by atoms with E-state index >= 15 is 0 Å². The number of carbonyl (C=O) groups is 1. The average molecular weight is 299 g/mol. The maximum absolute atomic E-state index is 12.4. The van der Waals surface area contributed by atoms with Crippen molar-refractivity contribution in [1.29, 1.82) is 0 Å². The van der Waals surface area contributed by atoms with Crippen LogP contribution in [0.1, 0.15) is 28.4 Å². The molecule has 1 unspecified atom stereocenters. The predicted octanol–water partition coefficient (Wildman–Crippen LogP) is 3.66. The Balaban J connectivity index is 1.76. The van der Waals surface area contributed by atoms with Crippen LogP contribution < -0.4 is 10.1 Å². The smallest absolute Gasteiger partial charge is 0.251 e. The maximum Gasteiger partial charge on any atom is 0.251 e. The molecule has 3 nitrogen and oxygen atoms in total. The van der Waals surface area contributed by atoms with E-state index in [0.29, 0.717) is 12.2 Å². The van der Waals surface area contributed by atoms with Gasteiger partial charge in [0.2, 0.25) is 0 Å². The quantitative estimate of drug-likeness (QED) is 0.879. The second-order valence-corrected chi connectivity index (χ2v) is 5.81. The fourth-order valence-electron chi connectivity index (χ4n) is 2.48. The summed E-state index contributed by atoms with van der Waals surface area (Å²) < 4.78 is 5.62. The highest BCUT2D eigenvalue weighted by atomic mass is 32.2. The third kappa shape index (κ3) is 3.05. The molecule has 0 aromatic heterocycles. The van der Waals surface area contributed by atoms with Crippen LogP contribution in [0, 0.1) is 0 Å². The van der Waals surface area contributed by atoms with Crippen molar-refractivity contribution in [2.24, 2.45) is 0 Å². The zero-order chi connectivity index (χ0) is 14.7. The minimum Gasteiger partial charge on any atom is -0.493 e. The SMILES string of the molecule is CSc1ccc(C(=O)NC2CCOc3ccccc32)cc1. The van der Waals surface area contributed by atoms with Crippen molar-refractivity contribution >= 4 is 17.7 Å². The van der Waals surface area contributed by atoms with Gasteiger partial charge in [-0.05, 0) is 36.6 Å². The summed E-state index contributed by atoms with van der Waals surface area (Å²) in [6.45, 7) is 0.632. The van der Waals surface area contributed by atoms with Gasteiger partial charge >= 0.3 is 0 Å². The lowest BCUT2D eigenvalue weighted by Gasteiger charge is -2.26. The summed E-state index contributed by atoms with van der Waals surface area (Å²) in [6.07, 6.45) is 2.82. The van der Waals surface area contributed by atoms with Gasteiger partial charge < -0.3 is 10.1 Å². The number of thioether (sulfide) groups is 1. The van der Waals surface area contributed by atoms with Gasteiger partial charge in [0.1, 0.15) is 5.75 Å². The molecule has 4 heteroatoms. The second-order valence-electron chi connectivity index (χ2n) is 4.93. The summed E-state index contributed by atoms with van der Waals surface area (Å²) in [4.78, 5) is 13.5. The van der Waals surface area contributed by atoms with Gasteiger partial charge in [-0.1, -0.05) is 18.2 Å². The predicted molar refractivity (Wildman–Crippen MR) is 85.0 cm³/mol. The minimum atomic E-state index is -0.0376. The Bertz CT molecular complexity index is 639. The molecule has 2 aromatic rings. The van der Waals surface area contributed by atoms with Gasteiger partial charge in [0, 0.05) is 22.4 Å². The van der Waals surface area contributed by atoms with E-state index in [4.69, 9.17) is 4.74 Å². The molecule has 3 rings (SSSR count). The van der Waals surface area contributed by atoms with Crippen molar-refractivity contribution in [2.75, 3.05) is 12.9 Å². The molecule has 0 saturated carbocycles. The van der Waals surface area contributed by atoms with Crippen molar-refractivity contribution in [3.05, 3.63) is 59.7 Å². The van der Waals surface area contributed by atoms with Crippen LogP contribution in [0.5, 0.6) is 5.75 Å². The van der Waals surface area contributed by atoms with Crippen molar-refractivity contribution < 1.29 is 9.53 Å². The van der Waals surface area contributed by atoms with Crippen LogP contribution in [0.15, 0.2) is 53.4 Å². The standard InChI is InChI=1S/C17H17NO2S/c1-21-13-8-6-12(7-9-13)17(19)18-15-10-11-20-16-5-3-2-4-14(15)16/h2-9,15H,10-11H2,1H3,(H,18,19). The highest BCUT2D eigenvalue weighted by Gasteiger charge is 2.22. The van der Waals surface area contributed by atoms with E-state index in [2.05, 4.69) is 5.32 Å². The zero-order valence-electron chi connectivity index (χ0n) is 11.8. The molecule has 1 aliphatic heterocycles. The van der Waals surface area contributed by atoms with Crippen LogP contribution in [-0.4, -0.2) is 18.8 Å². The largest absolute Gasteiger partial charge is 0.493 e. The minimum absolute atomic E-state index is 0.0164. The Morgan fingerprint density at radius 1 is 1.19 bits per heavy atom. The van der Waals surface area contributed by atoms with Crippen molar-refractivity contribution in [3.63, 3.8) is 0 Å². The monoisotopic (exact) mass is 299 g/mol. The number of para-hydroxylation sites is 1. The van der Waals surface area contributed by atoms with Gasteiger partial charge in [0.25, 0.3) is 5.91 Å². The highest BCUT2D eigenvalue weighted by Crippen LogP contribution is 2.31. The summed E-state index contributed by atoms with van der Waals surface area (Å²) in [5.41, 5.74) is 1.75. The Labute approximate surface area is 128 Å². The molecular weight excluding hydrogens is 282 g/mol. The topological polar surface area (TPSA) is 38.3 Å². The van der Waals surface area contributed by atoms with E-state index < -0.39 is 0 Å². The van der Waals surface area contributed by atoms with Gasteiger partial charge in [-0.2, -0.15) is 0 Å². The first-order valence-corrected chi connectivity index (χ1v) is 8.17. The summed E-state index contributed by atoms with van der Waals surface area (Å²) in [5.74, 6) is 0.830. The fourth-order valence-corrected chi connectivity index (χ4v) is 2.88. The number of amides is 1. The van der Waals surface area contributed by atoms with Gasteiger partial charge in [-0.3, -0.25) is 4.79 Å². The lowest BCUT2D eigenvalue weighted by Crippen LogP contribution is -2.32. The van der Waals surface area contributed by atoms with Crippen LogP contribution in [0.3, 0.4) is 0 Å². The van der Waals surface area contributed by atoms with E-state index in [9.17, 15) is 4.79 Å². The van der Waals surface area contributed by atoms with Gasteiger partial charge in [-0.15, -0.1) is 11.8 Å². The molecule has 0 bridgehead atoms. The first-order chi connectivity index (χ1) is 10.3. The van der Waals surface area contributed by atoms with Crippen molar-refractivity contribution in [1.82, 2.24) is 5.32 Å². The molecule has 1 heterocycles. The Hall–Kier alpha value is -1.94. The van der Waals surface area contributed by atoms with Crippen LogP contribution >= 0.6 is 11.8 Å². The molecular formula is C17H17NO2S. The van der Waals surface area contributed by atoms with Crippen LogP contribution in [0.4, 0.5) is 0 Å². The number of carbonyl (C=O) groups excluding carboxylic acids is 1. The molecule has 0 radical (unpaired) electrons. The molecule has 1 atom stereocenters. The van der Waals surface area contributed by atoms with Crippen LogP contribution in [0.2, 0.25) is 0 Å². The van der Waals surface area contributed by atoms with E-state index in [0.717, 1.165) is 22.6 Å². The van der Waals surface area contributed by atoms with E-state index in [1.54, 1.807) is 11.8 Å². The molecule has 1 N–H and O–H groups in total. The third-order valence-corrected chi connectivity index (χ3v) is 4.36. The number of hydrogen-bond acceptors (Lipinski definition) is 3. The summed E-state index contributed by atoms with van der Waals surface area (Å²) in [5, 5.41) is 3.10. The molecule has 0 aliphatic carbocycles. The molecule has 1 aliphatic rings. The number of nitrogens with one attached hydrogen (secondary N) is 1. The molecule has 21 heavy (non-hydrogen) atoms. The molecule has 108 valence electrons. The number of rotatable bonds is 3. The summed E-state index contributed by atoms with van der Waals surface area (Å²) in [6, 6.07) is 15.6. The molecule has 0 spiro atoms. The zero-order valence-corrected chi connectivity index (χ0v) is 12.7. The molecule has 0 fully saturated rings. The van der Waals surface area contributed by atoms with Gasteiger partial charge in [-0.25, -0.2) is 0 Å². The van der Waals surface area contributed by atoms with Gasteiger partial charge in [0.15, 0.2) is 0 Å². The highest BCUT2D eigenvalue weighted by molar-refractivity contribution is 7.98. The molecule has 2 aromatic carbocycles. The number of fused-ring (bicyclic) bond motifs is 1. The van der Waals surface area contributed by atoms with Crippen LogP contribution in [-0.2, 0) is 0 Å². The van der Waals surface area contributed by atoms with Crippen molar-refractivity contribution in [3.8, 4) is 5.75 Å². The van der Waals surface area contributed by atoms with Gasteiger partial charge in [0.05, 0.1) is 12.6 Å². The normalized spacial score (nSPS) is 16.7. The lowest BCUT2D eigenvalue weighted by atomic mass is 10.00. The molecule has 1 amide bonds. The maximum atomic E-state index is 12.4. The summed E-state index contributed by atoms with van der Waals surface area (Å²) >= 11 is 1.67. The van der Waals surface area contributed by atoms with E-state index in [-0.39, 0.29) is 11.9 Å². The first kappa shape index (κ1) is 14.0. The summed E-state index contributed by atoms with van der Waals surface area (Å²) in [7, 11) is 0. The number of benzene rings is 2. The lowest BCUT2D eigenvalue weighted by molar-refractivity contribution is 0.0924. The van der Waals surface area contributed by atoms with E-state index in [1.807, 2.05) is 54.8 Å². The Morgan fingerprint density at radius 3 is 2.71 bits per heavy atom. The second kappa shape index (κ2) is 6.22. The van der Waals surface area contributed by atoms with Crippen molar-refractivity contribution in [2.45, 2.75) is 17.4 Å². The Morgan fingerprint density at radius 2 is 1.95 bits per heavy atom. The third-order valence-electron chi connectivity index (χ3n) is 3.62. The first-order valence-electron chi connectivity index (χ1n) is 6.94. The average Bonchev–Trinajstić information content (AvgIpc) is 2.55. The van der Waals surface area contributed by atoms with E-state index in [1.165, 1.54) is 0 Å². The number of ether oxygens (including phenoxy) is 1. The number of hydrogen-bond donors (Lipinski definition) is 1. The van der Waals surface area contributed by atoms with Crippen LogP contribution in [0.25, 0.3) is 0 Å². The molecule has 0 saturated heterocycles. The Kier molecular flexibility index (Phi) is 4.15. The fraction of sp³-hybridized carbons (Fsp3) is 0.235.